The second-order valence-electron chi connectivity index (χ2n) is 4.44. The number of carbonyl (C=O) groups excluding carboxylic acids is 1. The first-order chi connectivity index (χ1) is 9.74. The van der Waals surface area contributed by atoms with E-state index in [9.17, 15) is 4.79 Å². The summed E-state index contributed by atoms with van der Waals surface area (Å²) in [7, 11) is 0. The van der Waals surface area contributed by atoms with Crippen LogP contribution >= 0.6 is 11.3 Å². The summed E-state index contributed by atoms with van der Waals surface area (Å²) in [6, 6.07) is 13.3. The molecule has 1 amide bonds. The van der Waals surface area contributed by atoms with Crippen molar-refractivity contribution in [2.24, 2.45) is 0 Å². The average molecular weight is 283 g/mol. The van der Waals surface area contributed by atoms with E-state index in [1.54, 1.807) is 6.26 Å². The van der Waals surface area contributed by atoms with E-state index in [2.05, 4.69) is 5.32 Å². The number of nitrogens with one attached hydrogen (secondary N) is 1. The highest BCUT2D eigenvalue weighted by atomic mass is 32.1. The Kier molecular flexibility index (Phi) is 3.39. The number of carbonyl (C=O) groups is 1. The van der Waals surface area contributed by atoms with E-state index in [4.69, 9.17) is 4.42 Å². The maximum atomic E-state index is 12.0. The molecule has 0 bridgehead atoms. The molecule has 1 aromatic carbocycles. The van der Waals surface area contributed by atoms with Crippen LogP contribution in [0.4, 0.5) is 5.69 Å². The highest BCUT2D eigenvalue weighted by Crippen LogP contribution is 2.25. The number of furan rings is 1. The van der Waals surface area contributed by atoms with Gasteiger partial charge in [0.15, 0.2) is 0 Å². The Balaban J connectivity index is 1.83. The van der Waals surface area contributed by atoms with Crippen molar-refractivity contribution in [2.45, 2.75) is 6.92 Å². The van der Waals surface area contributed by atoms with Gasteiger partial charge in [-0.05, 0) is 54.3 Å². The third-order valence-electron chi connectivity index (χ3n) is 3.03. The van der Waals surface area contributed by atoms with Crippen LogP contribution in [0.5, 0.6) is 0 Å². The van der Waals surface area contributed by atoms with E-state index in [-0.39, 0.29) is 5.91 Å². The van der Waals surface area contributed by atoms with Crippen LogP contribution in [0.2, 0.25) is 0 Å². The minimum absolute atomic E-state index is 0.0751. The van der Waals surface area contributed by atoms with Crippen molar-refractivity contribution in [3.63, 3.8) is 0 Å². The molecule has 0 unspecified atom stereocenters. The van der Waals surface area contributed by atoms with Gasteiger partial charge in [-0.2, -0.15) is 0 Å². The lowest BCUT2D eigenvalue weighted by Crippen LogP contribution is -2.11. The lowest BCUT2D eigenvalue weighted by molar-refractivity contribution is 0.103. The molecule has 0 aliphatic rings. The van der Waals surface area contributed by atoms with Crippen LogP contribution in [0, 0.1) is 6.92 Å². The van der Waals surface area contributed by atoms with Crippen molar-refractivity contribution in [3.8, 4) is 11.3 Å². The third-order valence-corrected chi connectivity index (χ3v) is 3.89. The van der Waals surface area contributed by atoms with Crippen LogP contribution in [-0.2, 0) is 0 Å². The van der Waals surface area contributed by atoms with E-state index < -0.39 is 0 Å². The first kappa shape index (κ1) is 12.7. The summed E-state index contributed by atoms with van der Waals surface area (Å²) in [6.07, 6.45) is 1.65. The van der Waals surface area contributed by atoms with Gasteiger partial charge in [0.05, 0.1) is 11.1 Å². The van der Waals surface area contributed by atoms with Crippen molar-refractivity contribution in [1.82, 2.24) is 0 Å². The molecule has 0 fully saturated rings. The van der Waals surface area contributed by atoms with Gasteiger partial charge in [0, 0.05) is 11.3 Å². The second kappa shape index (κ2) is 5.35. The topological polar surface area (TPSA) is 42.2 Å². The highest BCUT2D eigenvalue weighted by molar-refractivity contribution is 7.12. The summed E-state index contributed by atoms with van der Waals surface area (Å²) in [4.78, 5) is 12.7. The fraction of sp³-hybridized carbons (Fsp3) is 0.0625. The Labute approximate surface area is 120 Å². The Morgan fingerprint density at radius 1 is 1.20 bits per heavy atom. The molecule has 4 heteroatoms. The number of thiophene rings is 1. The average Bonchev–Trinajstić information content (AvgIpc) is 3.14. The summed E-state index contributed by atoms with van der Waals surface area (Å²) in [5, 5.41) is 4.82. The SMILES string of the molecule is Cc1cc(-c2ccco2)ccc1NC(=O)c1cccs1. The zero-order valence-electron chi connectivity index (χ0n) is 10.9. The molecule has 0 saturated carbocycles. The van der Waals surface area contributed by atoms with Crippen LogP contribution in [0.15, 0.2) is 58.5 Å². The summed E-state index contributed by atoms with van der Waals surface area (Å²) in [5.41, 5.74) is 2.82. The number of benzene rings is 1. The predicted molar refractivity (Wildman–Crippen MR) is 81.2 cm³/mol. The van der Waals surface area contributed by atoms with Crippen LogP contribution in [0.25, 0.3) is 11.3 Å². The first-order valence-electron chi connectivity index (χ1n) is 6.23. The van der Waals surface area contributed by atoms with Crippen molar-refractivity contribution in [2.75, 3.05) is 5.32 Å². The van der Waals surface area contributed by atoms with Crippen molar-refractivity contribution >= 4 is 22.9 Å². The summed E-state index contributed by atoms with van der Waals surface area (Å²) in [6.45, 7) is 1.97. The van der Waals surface area contributed by atoms with Crippen molar-refractivity contribution < 1.29 is 9.21 Å². The Bertz CT molecular complexity index is 715. The van der Waals surface area contributed by atoms with Gasteiger partial charge in [0.1, 0.15) is 5.76 Å². The first-order valence-corrected chi connectivity index (χ1v) is 7.11. The molecule has 100 valence electrons. The largest absolute Gasteiger partial charge is 0.464 e. The predicted octanol–water partition coefficient (Wildman–Crippen LogP) is 4.57. The number of aryl methyl sites for hydroxylation is 1. The zero-order chi connectivity index (χ0) is 13.9. The molecule has 0 radical (unpaired) electrons. The molecule has 0 spiro atoms. The molecule has 3 nitrogen and oxygen atoms in total. The number of rotatable bonds is 3. The van der Waals surface area contributed by atoms with Gasteiger partial charge in [-0.25, -0.2) is 0 Å². The summed E-state index contributed by atoms with van der Waals surface area (Å²) >= 11 is 1.43. The zero-order valence-corrected chi connectivity index (χ0v) is 11.7. The van der Waals surface area contributed by atoms with Crippen LogP contribution < -0.4 is 5.32 Å². The normalized spacial score (nSPS) is 10.4. The number of hydrogen-bond acceptors (Lipinski definition) is 3. The van der Waals surface area contributed by atoms with E-state index in [0.717, 1.165) is 22.6 Å². The molecule has 2 aromatic heterocycles. The lowest BCUT2D eigenvalue weighted by Gasteiger charge is -2.08. The Hall–Kier alpha value is -2.33. The van der Waals surface area contributed by atoms with Crippen molar-refractivity contribution in [3.05, 3.63) is 64.5 Å². The van der Waals surface area contributed by atoms with Crippen molar-refractivity contribution in [1.29, 1.82) is 0 Å². The molecule has 3 aromatic rings. The van der Waals surface area contributed by atoms with E-state index in [0.29, 0.717) is 4.88 Å². The molecule has 2 heterocycles. The molecular weight excluding hydrogens is 270 g/mol. The number of hydrogen-bond donors (Lipinski definition) is 1. The lowest BCUT2D eigenvalue weighted by atomic mass is 10.1. The number of amides is 1. The minimum Gasteiger partial charge on any atom is -0.464 e. The van der Waals surface area contributed by atoms with Crippen LogP contribution in [0.3, 0.4) is 0 Å². The van der Waals surface area contributed by atoms with E-state index in [1.807, 2.05) is 54.8 Å². The van der Waals surface area contributed by atoms with Gasteiger partial charge in [-0.1, -0.05) is 6.07 Å². The van der Waals surface area contributed by atoms with Gasteiger partial charge in [-0.3, -0.25) is 4.79 Å². The molecule has 0 aliphatic carbocycles. The van der Waals surface area contributed by atoms with Crippen LogP contribution in [0.1, 0.15) is 15.2 Å². The van der Waals surface area contributed by atoms with Gasteiger partial charge in [0.25, 0.3) is 5.91 Å². The molecule has 3 rings (SSSR count). The number of anilines is 1. The van der Waals surface area contributed by atoms with Crippen LogP contribution in [-0.4, -0.2) is 5.91 Å². The summed E-state index contributed by atoms with van der Waals surface area (Å²) < 4.78 is 5.37. The van der Waals surface area contributed by atoms with Gasteiger partial charge < -0.3 is 9.73 Å². The summed E-state index contributed by atoms with van der Waals surface area (Å²) in [5.74, 6) is 0.748. The van der Waals surface area contributed by atoms with E-state index in [1.165, 1.54) is 11.3 Å². The second-order valence-corrected chi connectivity index (χ2v) is 5.39. The minimum atomic E-state index is -0.0751. The molecule has 0 aliphatic heterocycles. The van der Waals surface area contributed by atoms with Gasteiger partial charge in [0.2, 0.25) is 0 Å². The molecular formula is C16H13NO2S. The molecule has 0 saturated heterocycles. The molecule has 1 N–H and O–H groups in total. The maximum Gasteiger partial charge on any atom is 0.265 e. The monoisotopic (exact) mass is 283 g/mol. The fourth-order valence-electron chi connectivity index (χ4n) is 1.99. The Morgan fingerprint density at radius 3 is 2.75 bits per heavy atom. The highest BCUT2D eigenvalue weighted by Gasteiger charge is 2.09. The molecule has 20 heavy (non-hydrogen) atoms. The van der Waals surface area contributed by atoms with Gasteiger partial charge in [-0.15, -0.1) is 11.3 Å². The third kappa shape index (κ3) is 2.51. The quantitative estimate of drug-likeness (QED) is 0.765. The fourth-order valence-corrected chi connectivity index (χ4v) is 2.61. The Morgan fingerprint density at radius 2 is 2.10 bits per heavy atom. The van der Waals surface area contributed by atoms with E-state index >= 15 is 0 Å². The van der Waals surface area contributed by atoms with Gasteiger partial charge >= 0.3 is 0 Å². The standard InChI is InChI=1S/C16H13NO2S/c1-11-10-12(14-4-2-8-19-14)6-7-13(11)17-16(18)15-5-3-9-20-15/h2-10H,1H3,(H,17,18). The molecule has 0 atom stereocenters. The smallest absolute Gasteiger partial charge is 0.265 e. The maximum absolute atomic E-state index is 12.0.